The van der Waals surface area contributed by atoms with Crippen molar-refractivity contribution < 1.29 is 0 Å². The van der Waals surface area contributed by atoms with Crippen molar-refractivity contribution in [2.24, 2.45) is 0 Å². The van der Waals surface area contributed by atoms with Crippen LogP contribution in [0.15, 0.2) is 176 Å². The van der Waals surface area contributed by atoms with E-state index in [0.29, 0.717) is 17.5 Å². The Balaban J connectivity index is 1.27. The predicted octanol–water partition coefficient (Wildman–Crippen LogP) is 11.7. The highest BCUT2D eigenvalue weighted by Gasteiger charge is 2.20. The maximum absolute atomic E-state index is 5.15. The Bertz CT molecular complexity index is 2470. The Morgan fingerprint density at radius 1 is 0.250 bits per heavy atom. The van der Waals surface area contributed by atoms with Crippen LogP contribution in [0.4, 0.5) is 0 Å². The van der Waals surface area contributed by atoms with Gasteiger partial charge in [-0.05, 0) is 54.6 Å². The van der Waals surface area contributed by atoms with Crippen molar-refractivity contribution in [2.45, 2.75) is 0 Å². The van der Waals surface area contributed by atoms with E-state index in [2.05, 4.69) is 140 Å². The molecular weight excluding hydrogens is 583 g/mol. The van der Waals surface area contributed by atoms with Crippen molar-refractivity contribution in [3.05, 3.63) is 176 Å². The first-order valence-corrected chi connectivity index (χ1v) is 16.2. The molecule has 1 aromatic heterocycles. The zero-order chi connectivity index (χ0) is 31.9. The zero-order valence-corrected chi connectivity index (χ0v) is 26.1. The maximum atomic E-state index is 5.15. The fraction of sp³-hybridized carbons (Fsp3) is 0. The summed E-state index contributed by atoms with van der Waals surface area (Å²) in [5, 5.41) is 7.03. The van der Waals surface area contributed by atoms with Gasteiger partial charge in [-0.25, -0.2) is 15.0 Å². The van der Waals surface area contributed by atoms with Gasteiger partial charge in [0.05, 0.1) is 0 Å². The molecule has 48 heavy (non-hydrogen) atoms. The smallest absolute Gasteiger partial charge is 0.165 e. The Morgan fingerprint density at radius 3 is 1.23 bits per heavy atom. The maximum Gasteiger partial charge on any atom is 0.165 e. The quantitative estimate of drug-likeness (QED) is 0.182. The van der Waals surface area contributed by atoms with Crippen LogP contribution in [-0.2, 0) is 0 Å². The molecule has 0 saturated carbocycles. The lowest BCUT2D eigenvalue weighted by Gasteiger charge is -2.18. The van der Waals surface area contributed by atoms with E-state index in [1.165, 1.54) is 33.0 Å². The predicted molar refractivity (Wildman–Crippen MR) is 200 cm³/mol. The summed E-state index contributed by atoms with van der Waals surface area (Å²) in [6.45, 7) is 0. The second-order valence-electron chi connectivity index (χ2n) is 12.0. The third kappa shape index (κ3) is 4.81. The summed E-state index contributed by atoms with van der Waals surface area (Å²) >= 11 is 0. The lowest BCUT2D eigenvalue weighted by atomic mass is 9.87. The number of rotatable bonds is 5. The van der Waals surface area contributed by atoms with Gasteiger partial charge in [0.25, 0.3) is 0 Å². The molecule has 0 bridgehead atoms. The van der Waals surface area contributed by atoms with Gasteiger partial charge < -0.3 is 0 Å². The number of fused-ring (bicyclic) bond motifs is 3. The van der Waals surface area contributed by atoms with E-state index < -0.39 is 0 Å². The van der Waals surface area contributed by atoms with Gasteiger partial charge in [0.15, 0.2) is 17.5 Å². The number of nitrogens with zero attached hydrogens (tertiary/aromatic N) is 3. The summed E-state index contributed by atoms with van der Waals surface area (Å²) in [6, 6.07) is 61.7. The van der Waals surface area contributed by atoms with Crippen LogP contribution < -0.4 is 0 Å². The summed E-state index contributed by atoms with van der Waals surface area (Å²) in [6.07, 6.45) is 0. The molecule has 9 rings (SSSR count). The highest BCUT2D eigenvalue weighted by Crippen LogP contribution is 2.43. The molecule has 0 aliphatic heterocycles. The van der Waals surface area contributed by atoms with Crippen LogP contribution in [0.3, 0.4) is 0 Å². The second kappa shape index (κ2) is 11.7. The molecule has 9 aromatic rings. The highest BCUT2D eigenvalue weighted by molar-refractivity contribution is 6.20. The van der Waals surface area contributed by atoms with Gasteiger partial charge in [0, 0.05) is 16.7 Å². The van der Waals surface area contributed by atoms with Crippen LogP contribution >= 0.6 is 0 Å². The zero-order valence-electron chi connectivity index (χ0n) is 26.1. The van der Waals surface area contributed by atoms with Gasteiger partial charge >= 0.3 is 0 Å². The van der Waals surface area contributed by atoms with E-state index in [-0.39, 0.29) is 0 Å². The standard InChI is InChI=1S/C45H29N3/c1-3-15-33(16-4-1)43-46-44(34-17-5-2-6-18-34)48-45(47-43)42-39-23-11-9-21-37(39)41(38-22-10-12-24-40(38)42)32-28-26-31(27-29-32)36-25-13-19-30-14-7-8-20-35(30)36/h1-29H. The monoisotopic (exact) mass is 611 g/mol. The first-order valence-electron chi connectivity index (χ1n) is 16.2. The molecule has 0 fully saturated rings. The second-order valence-corrected chi connectivity index (χ2v) is 12.0. The number of hydrogen-bond donors (Lipinski definition) is 0. The van der Waals surface area contributed by atoms with Crippen molar-refractivity contribution in [3.63, 3.8) is 0 Å². The van der Waals surface area contributed by atoms with Crippen LogP contribution in [0, 0.1) is 0 Å². The minimum Gasteiger partial charge on any atom is -0.208 e. The first kappa shape index (κ1) is 27.8. The average Bonchev–Trinajstić information content (AvgIpc) is 3.17. The molecule has 0 amide bonds. The SMILES string of the molecule is c1ccc(-c2nc(-c3ccccc3)nc(-c3c4ccccc4c(-c4ccc(-c5cccc6ccccc56)cc4)c4ccccc34)n2)cc1. The van der Waals surface area contributed by atoms with Crippen molar-refractivity contribution in [3.8, 4) is 56.4 Å². The Kier molecular flexibility index (Phi) is 6.80. The lowest BCUT2D eigenvalue weighted by molar-refractivity contribution is 1.08. The van der Waals surface area contributed by atoms with Gasteiger partial charge in [-0.15, -0.1) is 0 Å². The van der Waals surface area contributed by atoms with E-state index in [1.54, 1.807) is 0 Å². The molecule has 3 nitrogen and oxygen atoms in total. The largest absolute Gasteiger partial charge is 0.208 e. The summed E-state index contributed by atoms with van der Waals surface area (Å²) in [5.41, 5.74) is 7.73. The summed E-state index contributed by atoms with van der Waals surface area (Å²) in [4.78, 5) is 15.3. The van der Waals surface area contributed by atoms with Crippen molar-refractivity contribution in [1.82, 2.24) is 15.0 Å². The molecule has 0 spiro atoms. The Morgan fingerprint density at radius 2 is 0.667 bits per heavy atom. The lowest BCUT2D eigenvalue weighted by Crippen LogP contribution is -2.01. The molecule has 224 valence electrons. The Labute approximate surface area is 278 Å². The van der Waals surface area contributed by atoms with Crippen molar-refractivity contribution in [2.75, 3.05) is 0 Å². The normalized spacial score (nSPS) is 11.3. The molecule has 0 radical (unpaired) electrons. The van der Waals surface area contributed by atoms with Gasteiger partial charge in [-0.3, -0.25) is 0 Å². The molecule has 0 unspecified atom stereocenters. The molecule has 8 aromatic carbocycles. The Hall–Kier alpha value is -6.45. The van der Waals surface area contributed by atoms with Crippen LogP contribution in [0.25, 0.3) is 88.7 Å². The van der Waals surface area contributed by atoms with E-state index in [1.807, 2.05) is 36.4 Å². The van der Waals surface area contributed by atoms with Crippen LogP contribution in [-0.4, -0.2) is 15.0 Å². The summed E-state index contributed by atoms with van der Waals surface area (Å²) in [5.74, 6) is 1.97. The van der Waals surface area contributed by atoms with Gasteiger partial charge in [-0.2, -0.15) is 0 Å². The summed E-state index contributed by atoms with van der Waals surface area (Å²) in [7, 11) is 0. The molecule has 3 heteroatoms. The topological polar surface area (TPSA) is 38.7 Å². The molecule has 0 saturated heterocycles. The molecule has 0 atom stereocenters. The fourth-order valence-electron chi connectivity index (χ4n) is 6.89. The third-order valence-corrected chi connectivity index (χ3v) is 9.13. The van der Waals surface area contributed by atoms with E-state index in [0.717, 1.165) is 38.2 Å². The van der Waals surface area contributed by atoms with Crippen LogP contribution in [0.1, 0.15) is 0 Å². The molecular formula is C45H29N3. The van der Waals surface area contributed by atoms with Gasteiger partial charge in [-0.1, -0.05) is 176 Å². The number of aromatic nitrogens is 3. The molecule has 1 heterocycles. The number of benzene rings is 8. The van der Waals surface area contributed by atoms with E-state index >= 15 is 0 Å². The minimum absolute atomic E-state index is 0.653. The molecule has 0 aliphatic rings. The summed E-state index contributed by atoms with van der Waals surface area (Å²) < 4.78 is 0. The van der Waals surface area contributed by atoms with Gasteiger partial charge in [0.2, 0.25) is 0 Å². The fourth-order valence-corrected chi connectivity index (χ4v) is 6.89. The van der Waals surface area contributed by atoms with Gasteiger partial charge in [0.1, 0.15) is 0 Å². The highest BCUT2D eigenvalue weighted by atomic mass is 15.0. The number of hydrogen-bond acceptors (Lipinski definition) is 3. The average molecular weight is 612 g/mol. The van der Waals surface area contributed by atoms with E-state index in [9.17, 15) is 0 Å². The third-order valence-electron chi connectivity index (χ3n) is 9.13. The van der Waals surface area contributed by atoms with Crippen molar-refractivity contribution >= 4 is 32.3 Å². The molecule has 0 N–H and O–H groups in total. The van der Waals surface area contributed by atoms with Crippen LogP contribution in [0.2, 0.25) is 0 Å². The first-order chi connectivity index (χ1) is 23.8. The van der Waals surface area contributed by atoms with Crippen LogP contribution in [0.5, 0.6) is 0 Å². The molecule has 0 aliphatic carbocycles. The van der Waals surface area contributed by atoms with E-state index in [4.69, 9.17) is 15.0 Å². The van der Waals surface area contributed by atoms with Crippen molar-refractivity contribution in [1.29, 1.82) is 0 Å². The minimum atomic E-state index is 0.653.